The van der Waals surface area contributed by atoms with Gasteiger partial charge in [0.05, 0.1) is 23.5 Å². The molecule has 2 rings (SSSR count). The number of nitrogen functional groups attached to an aromatic ring is 1. The summed E-state index contributed by atoms with van der Waals surface area (Å²) in [5, 5.41) is 10.2. The quantitative estimate of drug-likeness (QED) is 0.832. The molecule has 0 aliphatic heterocycles. The second-order valence-electron chi connectivity index (χ2n) is 6.00. The molecule has 0 heterocycles. The predicted octanol–water partition coefficient (Wildman–Crippen LogP) is 1.71. The number of carbonyl (C=O) groups excluding carboxylic acids is 1. The summed E-state index contributed by atoms with van der Waals surface area (Å²) in [5.74, 6) is -0.0474. The first kappa shape index (κ1) is 15.6. The molecule has 1 aliphatic rings. The van der Waals surface area contributed by atoms with Crippen LogP contribution in [0.25, 0.3) is 0 Å². The number of nitrogens with zero attached hydrogens (tertiary/aromatic N) is 2. The van der Waals surface area contributed by atoms with Crippen molar-refractivity contribution in [3.8, 4) is 0 Å². The van der Waals surface area contributed by atoms with Gasteiger partial charge in [0.15, 0.2) is 0 Å². The first-order chi connectivity index (χ1) is 9.91. The minimum Gasteiger partial charge on any atom is -0.397 e. The van der Waals surface area contributed by atoms with Crippen LogP contribution in [0, 0.1) is 0 Å². The Bertz CT molecular complexity index is 516. The van der Waals surface area contributed by atoms with Crippen molar-refractivity contribution >= 4 is 17.3 Å². The molecule has 116 valence electrons. The fourth-order valence-corrected chi connectivity index (χ4v) is 2.96. The maximum atomic E-state index is 12.1. The van der Waals surface area contributed by atoms with Gasteiger partial charge < -0.3 is 20.6 Å². The lowest BCUT2D eigenvalue weighted by Crippen LogP contribution is -2.43. The lowest BCUT2D eigenvalue weighted by atomic mass is 9.91. The summed E-state index contributed by atoms with van der Waals surface area (Å²) < 4.78 is 0. The van der Waals surface area contributed by atoms with Crippen molar-refractivity contribution in [3.05, 3.63) is 23.8 Å². The zero-order chi connectivity index (χ0) is 15.6. The van der Waals surface area contributed by atoms with E-state index in [1.165, 1.54) is 0 Å². The van der Waals surface area contributed by atoms with Crippen molar-refractivity contribution in [1.29, 1.82) is 0 Å². The number of carbonyl (C=O) groups is 1. The third-order valence-electron chi connectivity index (χ3n) is 4.25. The second-order valence-corrected chi connectivity index (χ2v) is 6.00. The van der Waals surface area contributed by atoms with E-state index in [0.717, 1.165) is 31.4 Å². The summed E-state index contributed by atoms with van der Waals surface area (Å²) in [4.78, 5) is 15.7. The normalized spacial score (nSPS) is 21.9. The van der Waals surface area contributed by atoms with Gasteiger partial charge >= 0.3 is 0 Å². The number of aliphatic hydroxyl groups is 1. The number of hydrogen-bond acceptors (Lipinski definition) is 4. The molecule has 5 heteroatoms. The molecule has 3 N–H and O–H groups in total. The van der Waals surface area contributed by atoms with Crippen molar-refractivity contribution in [3.63, 3.8) is 0 Å². The molecule has 2 atom stereocenters. The lowest BCUT2D eigenvalue weighted by Gasteiger charge is -2.37. The van der Waals surface area contributed by atoms with Gasteiger partial charge in [-0.15, -0.1) is 0 Å². The molecule has 1 saturated carbocycles. The molecule has 1 aliphatic carbocycles. The van der Waals surface area contributed by atoms with Gasteiger partial charge in [0, 0.05) is 26.7 Å². The highest BCUT2D eigenvalue weighted by molar-refractivity contribution is 5.96. The summed E-state index contributed by atoms with van der Waals surface area (Å²) in [7, 11) is 5.40. The highest BCUT2D eigenvalue weighted by Gasteiger charge is 2.28. The molecule has 0 saturated heterocycles. The number of aliphatic hydroxyl groups excluding tert-OH is 1. The molecule has 0 bridgehead atoms. The van der Waals surface area contributed by atoms with Crippen molar-refractivity contribution < 1.29 is 9.90 Å². The van der Waals surface area contributed by atoms with E-state index in [2.05, 4.69) is 0 Å². The number of likely N-dealkylation sites (N-methyl/N-ethyl adjacent to an activating group) is 1. The maximum absolute atomic E-state index is 12.1. The van der Waals surface area contributed by atoms with E-state index in [9.17, 15) is 9.90 Å². The van der Waals surface area contributed by atoms with Gasteiger partial charge in [-0.2, -0.15) is 0 Å². The lowest BCUT2D eigenvalue weighted by molar-refractivity contribution is 0.0827. The van der Waals surface area contributed by atoms with Gasteiger partial charge in [-0.1, -0.05) is 12.8 Å². The SMILES string of the molecule is CN(C)C(=O)c1ccc(N)c(N(C)C2CCCCC2O)c1. The van der Waals surface area contributed by atoms with E-state index in [1.807, 2.05) is 18.0 Å². The molecule has 0 spiro atoms. The summed E-state index contributed by atoms with van der Waals surface area (Å²) in [6.07, 6.45) is 3.62. The highest BCUT2D eigenvalue weighted by atomic mass is 16.3. The third kappa shape index (κ3) is 3.29. The Morgan fingerprint density at radius 2 is 1.90 bits per heavy atom. The smallest absolute Gasteiger partial charge is 0.253 e. The van der Waals surface area contributed by atoms with Gasteiger partial charge in [-0.25, -0.2) is 0 Å². The van der Waals surface area contributed by atoms with Crippen molar-refractivity contribution in [2.45, 2.75) is 37.8 Å². The molecule has 5 nitrogen and oxygen atoms in total. The Morgan fingerprint density at radius 1 is 1.24 bits per heavy atom. The number of nitrogens with two attached hydrogens (primary N) is 1. The summed E-state index contributed by atoms with van der Waals surface area (Å²) >= 11 is 0. The fourth-order valence-electron chi connectivity index (χ4n) is 2.96. The first-order valence-electron chi connectivity index (χ1n) is 7.44. The molecule has 0 radical (unpaired) electrons. The zero-order valence-corrected chi connectivity index (χ0v) is 13.0. The summed E-state index contributed by atoms with van der Waals surface area (Å²) in [5.41, 5.74) is 8.13. The van der Waals surface area contributed by atoms with E-state index >= 15 is 0 Å². The standard InChI is InChI=1S/C16H25N3O2/c1-18(2)16(21)11-8-9-12(17)14(10-11)19(3)13-6-4-5-7-15(13)20/h8-10,13,15,20H,4-7,17H2,1-3H3. The number of amides is 1. The van der Waals surface area contributed by atoms with Crippen molar-refractivity contribution in [2.24, 2.45) is 0 Å². The molecule has 2 unspecified atom stereocenters. The van der Waals surface area contributed by atoms with Gasteiger partial charge in [-0.05, 0) is 31.0 Å². The van der Waals surface area contributed by atoms with E-state index in [-0.39, 0.29) is 18.1 Å². The van der Waals surface area contributed by atoms with Crippen LogP contribution in [0.2, 0.25) is 0 Å². The van der Waals surface area contributed by atoms with Crippen LogP contribution in [0.15, 0.2) is 18.2 Å². The molecule has 1 fully saturated rings. The van der Waals surface area contributed by atoms with Crippen LogP contribution in [0.5, 0.6) is 0 Å². The van der Waals surface area contributed by atoms with Crippen LogP contribution in [0.4, 0.5) is 11.4 Å². The van der Waals surface area contributed by atoms with E-state index in [1.54, 1.807) is 31.1 Å². The largest absolute Gasteiger partial charge is 0.397 e. The van der Waals surface area contributed by atoms with Gasteiger partial charge in [-0.3, -0.25) is 4.79 Å². The topological polar surface area (TPSA) is 69.8 Å². The van der Waals surface area contributed by atoms with E-state index in [4.69, 9.17) is 5.73 Å². The minimum absolute atomic E-state index is 0.0474. The molecular weight excluding hydrogens is 266 g/mol. The van der Waals surface area contributed by atoms with Crippen LogP contribution in [-0.4, -0.2) is 49.2 Å². The van der Waals surface area contributed by atoms with E-state index in [0.29, 0.717) is 11.3 Å². The van der Waals surface area contributed by atoms with Crippen molar-refractivity contribution in [2.75, 3.05) is 31.8 Å². The number of anilines is 2. The Morgan fingerprint density at radius 3 is 2.52 bits per heavy atom. The minimum atomic E-state index is -0.337. The molecule has 0 aromatic heterocycles. The van der Waals surface area contributed by atoms with Gasteiger partial charge in [0.25, 0.3) is 5.91 Å². The van der Waals surface area contributed by atoms with Crippen LogP contribution >= 0.6 is 0 Å². The van der Waals surface area contributed by atoms with Gasteiger partial charge in [0.1, 0.15) is 0 Å². The van der Waals surface area contributed by atoms with Crippen LogP contribution in [0.3, 0.4) is 0 Å². The molecule has 1 aromatic rings. The fraction of sp³-hybridized carbons (Fsp3) is 0.562. The number of hydrogen-bond donors (Lipinski definition) is 2. The van der Waals surface area contributed by atoms with Crippen molar-refractivity contribution in [1.82, 2.24) is 4.90 Å². The predicted molar refractivity (Wildman–Crippen MR) is 85.5 cm³/mol. The molecule has 1 amide bonds. The zero-order valence-electron chi connectivity index (χ0n) is 13.0. The van der Waals surface area contributed by atoms with Crippen LogP contribution < -0.4 is 10.6 Å². The third-order valence-corrected chi connectivity index (χ3v) is 4.25. The van der Waals surface area contributed by atoms with Crippen LogP contribution in [0.1, 0.15) is 36.0 Å². The Labute approximate surface area is 126 Å². The molecular formula is C16H25N3O2. The second kappa shape index (κ2) is 6.35. The van der Waals surface area contributed by atoms with E-state index < -0.39 is 0 Å². The summed E-state index contributed by atoms with van der Waals surface area (Å²) in [6.45, 7) is 0. The van der Waals surface area contributed by atoms with Crippen LogP contribution in [-0.2, 0) is 0 Å². The Balaban J connectivity index is 2.29. The maximum Gasteiger partial charge on any atom is 0.253 e. The number of benzene rings is 1. The van der Waals surface area contributed by atoms with Gasteiger partial charge in [0.2, 0.25) is 0 Å². The number of rotatable bonds is 3. The highest BCUT2D eigenvalue weighted by Crippen LogP contribution is 2.31. The molecule has 21 heavy (non-hydrogen) atoms. The molecule has 1 aromatic carbocycles. The first-order valence-corrected chi connectivity index (χ1v) is 7.44. The Hall–Kier alpha value is -1.75. The monoisotopic (exact) mass is 291 g/mol. The average Bonchev–Trinajstić information content (AvgIpc) is 2.46. The Kier molecular flexibility index (Phi) is 4.73. The average molecular weight is 291 g/mol. The summed E-state index contributed by atoms with van der Waals surface area (Å²) in [6, 6.07) is 5.38.